The Hall–Kier alpha value is 0.370. The molecule has 1 saturated heterocycles. The standard InChI is InChI=1S/C7H12BrFO/c1-3-5-4(2)6(9)7(8)10-5/h4-7H,3H2,1-2H3/t4-,5-,6+,7-/m1/s1. The van der Waals surface area contributed by atoms with Crippen molar-refractivity contribution < 1.29 is 9.13 Å². The van der Waals surface area contributed by atoms with Crippen molar-refractivity contribution in [3.63, 3.8) is 0 Å². The van der Waals surface area contributed by atoms with Crippen LogP contribution in [0.5, 0.6) is 0 Å². The highest BCUT2D eigenvalue weighted by Gasteiger charge is 2.39. The van der Waals surface area contributed by atoms with Crippen molar-refractivity contribution in [2.24, 2.45) is 5.92 Å². The molecule has 1 aliphatic heterocycles. The minimum absolute atomic E-state index is 0.0365. The molecule has 3 heteroatoms. The fourth-order valence-corrected chi connectivity index (χ4v) is 2.04. The maximum absolute atomic E-state index is 13.0. The molecule has 0 aromatic carbocycles. The average Bonchev–Trinajstić information content (AvgIpc) is 2.17. The van der Waals surface area contributed by atoms with Crippen LogP contribution >= 0.6 is 15.9 Å². The van der Waals surface area contributed by atoms with Crippen LogP contribution in [-0.4, -0.2) is 17.3 Å². The molecule has 1 rings (SSSR count). The van der Waals surface area contributed by atoms with Crippen LogP contribution in [0.2, 0.25) is 0 Å². The van der Waals surface area contributed by atoms with Crippen LogP contribution in [0.25, 0.3) is 0 Å². The molecule has 1 aliphatic rings. The summed E-state index contributed by atoms with van der Waals surface area (Å²) in [5.74, 6) is 0.0365. The molecule has 0 amide bonds. The van der Waals surface area contributed by atoms with Gasteiger partial charge in [-0.1, -0.05) is 29.8 Å². The van der Waals surface area contributed by atoms with E-state index in [0.29, 0.717) is 0 Å². The molecule has 0 N–H and O–H groups in total. The summed E-state index contributed by atoms with van der Waals surface area (Å²) >= 11 is 3.13. The summed E-state index contributed by atoms with van der Waals surface area (Å²) in [5.41, 5.74) is 0. The van der Waals surface area contributed by atoms with Gasteiger partial charge in [0.2, 0.25) is 0 Å². The van der Waals surface area contributed by atoms with E-state index in [4.69, 9.17) is 4.74 Å². The van der Waals surface area contributed by atoms with Gasteiger partial charge in [0.25, 0.3) is 0 Å². The van der Waals surface area contributed by atoms with Crippen molar-refractivity contribution in [3.05, 3.63) is 0 Å². The van der Waals surface area contributed by atoms with Gasteiger partial charge in [0.1, 0.15) is 11.2 Å². The normalized spacial score (nSPS) is 48.0. The molecule has 4 atom stereocenters. The van der Waals surface area contributed by atoms with Crippen LogP contribution in [-0.2, 0) is 4.74 Å². The van der Waals surface area contributed by atoms with Gasteiger partial charge in [0.15, 0.2) is 0 Å². The van der Waals surface area contributed by atoms with Gasteiger partial charge >= 0.3 is 0 Å². The summed E-state index contributed by atoms with van der Waals surface area (Å²) in [4.78, 5) is 0. The molecule has 0 aromatic heterocycles. The first-order chi connectivity index (χ1) is 4.66. The molecular weight excluding hydrogens is 199 g/mol. The van der Waals surface area contributed by atoms with Crippen LogP contribution in [0.15, 0.2) is 0 Å². The Balaban J connectivity index is 2.53. The minimum Gasteiger partial charge on any atom is -0.360 e. The van der Waals surface area contributed by atoms with Gasteiger partial charge in [-0.2, -0.15) is 0 Å². The second kappa shape index (κ2) is 3.18. The third-order valence-electron chi connectivity index (χ3n) is 2.05. The SMILES string of the molecule is CC[C@H]1O[C@@H](Br)[C@@H](F)[C@@H]1C. The highest BCUT2D eigenvalue weighted by atomic mass is 79.9. The first-order valence-electron chi connectivity index (χ1n) is 3.60. The third kappa shape index (κ3) is 1.35. The zero-order valence-electron chi connectivity index (χ0n) is 6.18. The van der Waals surface area contributed by atoms with Crippen molar-refractivity contribution in [1.82, 2.24) is 0 Å². The molecule has 0 spiro atoms. The molecule has 60 valence electrons. The Labute approximate surface area is 69.1 Å². The van der Waals surface area contributed by atoms with E-state index in [1.54, 1.807) is 0 Å². The Bertz CT molecular complexity index is 120. The Kier molecular flexibility index (Phi) is 2.69. The zero-order valence-corrected chi connectivity index (χ0v) is 7.77. The molecule has 1 nitrogen and oxygen atoms in total. The Morgan fingerprint density at radius 2 is 2.20 bits per heavy atom. The van der Waals surface area contributed by atoms with Crippen LogP contribution in [0, 0.1) is 5.92 Å². The highest BCUT2D eigenvalue weighted by Crippen LogP contribution is 2.33. The molecule has 10 heavy (non-hydrogen) atoms. The fourth-order valence-electron chi connectivity index (χ4n) is 1.28. The van der Waals surface area contributed by atoms with E-state index in [0.717, 1.165) is 6.42 Å². The number of alkyl halides is 2. The number of hydrogen-bond donors (Lipinski definition) is 0. The van der Waals surface area contributed by atoms with Crippen molar-refractivity contribution in [3.8, 4) is 0 Å². The quantitative estimate of drug-likeness (QED) is 0.605. The van der Waals surface area contributed by atoms with Crippen LogP contribution in [0.3, 0.4) is 0 Å². The van der Waals surface area contributed by atoms with E-state index in [2.05, 4.69) is 15.9 Å². The lowest BCUT2D eigenvalue weighted by atomic mass is 10.0. The van der Waals surface area contributed by atoms with Crippen molar-refractivity contribution in [1.29, 1.82) is 0 Å². The first kappa shape index (κ1) is 8.47. The van der Waals surface area contributed by atoms with Gasteiger partial charge in [-0.05, 0) is 6.42 Å². The predicted octanol–water partition coefficient (Wildman–Crippen LogP) is 2.49. The van der Waals surface area contributed by atoms with E-state index in [1.165, 1.54) is 0 Å². The summed E-state index contributed by atoms with van der Waals surface area (Å²) in [6.45, 7) is 3.90. The number of hydrogen-bond acceptors (Lipinski definition) is 1. The maximum Gasteiger partial charge on any atom is 0.144 e. The Morgan fingerprint density at radius 3 is 2.40 bits per heavy atom. The van der Waals surface area contributed by atoms with Gasteiger partial charge in [-0.25, -0.2) is 4.39 Å². The minimum atomic E-state index is -0.843. The summed E-state index contributed by atoms with van der Waals surface area (Å²) in [5, 5.41) is -0.382. The van der Waals surface area contributed by atoms with Crippen LogP contribution < -0.4 is 0 Å². The molecule has 0 unspecified atom stereocenters. The summed E-state index contributed by atoms with van der Waals surface area (Å²) < 4.78 is 18.3. The van der Waals surface area contributed by atoms with E-state index >= 15 is 0 Å². The summed E-state index contributed by atoms with van der Waals surface area (Å²) in [6.07, 6.45) is 0.147. The maximum atomic E-state index is 13.0. The fraction of sp³-hybridized carbons (Fsp3) is 1.00. The van der Waals surface area contributed by atoms with Gasteiger partial charge in [0, 0.05) is 5.92 Å². The van der Waals surface area contributed by atoms with Crippen LogP contribution in [0.1, 0.15) is 20.3 Å². The van der Waals surface area contributed by atoms with Gasteiger partial charge in [-0.15, -0.1) is 0 Å². The summed E-state index contributed by atoms with van der Waals surface area (Å²) in [7, 11) is 0. The highest BCUT2D eigenvalue weighted by molar-refractivity contribution is 9.09. The molecule has 1 fully saturated rings. The smallest absolute Gasteiger partial charge is 0.144 e. The van der Waals surface area contributed by atoms with E-state index in [-0.39, 0.29) is 17.0 Å². The summed E-state index contributed by atoms with van der Waals surface area (Å²) in [6, 6.07) is 0. The van der Waals surface area contributed by atoms with E-state index in [9.17, 15) is 4.39 Å². The van der Waals surface area contributed by atoms with E-state index < -0.39 is 6.17 Å². The second-order valence-electron chi connectivity index (χ2n) is 2.74. The van der Waals surface area contributed by atoms with Gasteiger partial charge in [-0.3, -0.25) is 0 Å². The molecule has 0 radical (unpaired) electrons. The lowest BCUT2D eigenvalue weighted by molar-refractivity contribution is 0.0750. The van der Waals surface area contributed by atoms with Crippen LogP contribution in [0.4, 0.5) is 4.39 Å². The topological polar surface area (TPSA) is 9.23 Å². The van der Waals surface area contributed by atoms with Crippen molar-refractivity contribution in [2.75, 3.05) is 0 Å². The molecule has 1 heterocycles. The largest absolute Gasteiger partial charge is 0.360 e. The Morgan fingerprint density at radius 1 is 1.60 bits per heavy atom. The molecule has 0 aromatic rings. The second-order valence-corrected chi connectivity index (χ2v) is 3.64. The molecule has 0 saturated carbocycles. The first-order valence-corrected chi connectivity index (χ1v) is 4.52. The zero-order chi connectivity index (χ0) is 7.72. The molecule has 0 aliphatic carbocycles. The average molecular weight is 211 g/mol. The molecule has 0 bridgehead atoms. The van der Waals surface area contributed by atoms with E-state index in [1.807, 2.05) is 13.8 Å². The van der Waals surface area contributed by atoms with Gasteiger partial charge in [0.05, 0.1) is 6.10 Å². The number of halogens is 2. The predicted molar refractivity (Wildman–Crippen MR) is 41.9 cm³/mol. The molecular formula is C7H12BrFO. The van der Waals surface area contributed by atoms with Gasteiger partial charge < -0.3 is 4.74 Å². The number of ether oxygens (including phenoxy) is 1. The van der Waals surface area contributed by atoms with Crippen molar-refractivity contribution >= 4 is 15.9 Å². The lowest BCUT2D eigenvalue weighted by Gasteiger charge is -2.10. The third-order valence-corrected chi connectivity index (χ3v) is 2.77. The lowest BCUT2D eigenvalue weighted by Crippen LogP contribution is -2.17. The van der Waals surface area contributed by atoms with Crippen molar-refractivity contribution in [2.45, 2.75) is 37.6 Å². The number of rotatable bonds is 1. The monoisotopic (exact) mass is 210 g/mol.